The second kappa shape index (κ2) is 21.9. The van der Waals surface area contributed by atoms with Gasteiger partial charge in [0.15, 0.2) is 11.5 Å². The van der Waals surface area contributed by atoms with Gasteiger partial charge < -0.3 is 20.4 Å². The quantitative estimate of drug-likeness (QED) is 0.0966. The lowest BCUT2D eigenvalue weighted by atomic mass is 9.91. The number of hydrogen-bond donors (Lipinski definition) is 3. The van der Waals surface area contributed by atoms with Crippen LogP contribution in [-0.4, -0.2) is 113 Å². The van der Waals surface area contributed by atoms with Crippen molar-refractivity contribution in [2.45, 2.75) is 83.1 Å². The number of aromatic nitrogens is 3. The number of hydrogen-bond acceptors (Lipinski definition) is 10. The standard InChI is InChI=1S/C44H57N9O5/c54-40(18-14-35-12-8-22-45-32-35)46-23-5-4-9-33-20-25-53(26-21-33)44(58)38-15-17-39(50-49-38)52-29-27-51(28-30-52)24-6-2-1-3-10-34-11-7-13-36(31-34)42(56)47-37-16-19-41(55)48-43(37)57/h7-8,11-15,17-18,22,31-33,37H,1-6,9-10,16,19-21,23-30H2,(H,46,54)(H,47,56)(H,48,55,57). The summed E-state index contributed by atoms with van der Waals surface area (Å²) in [5.74, 6) is 0.212. The Hall–Kier alpha value is -5.50. The lowest BCUT2D eigenvalue weighted by molar-refractivity contribution is -0.134. The summed E-state index contributed by atoms with van der Waals surface area (Å²) >= 11 is 0. The van der Waals surface area contributed by atoms with Gasteiger partial charge in [-0.15, -0.1) is 10.2 Å². The molecule has 1 aromatic carbocycles. The van der Waals surface area contributed by atoms with Crippen molar-refractivity contribution in [3.63, 3.8) is 0 Å². The van der Waals surface area contributed by atoms with Crippen molar-refractivity contribution >= 4 is 41.4 Å². The van der Waals surface area contributed by atoms with Crippen LogP contribution in [0.5, 0.6) is 0 Å². The summed E-state index contributed by atoms with van der Waals surface area (Å²) in [6.45, 7) is 6.85. The molecule has 14 nitrogen and oxygen atoms in total. The molecular weight excluding hydrogens is 735 g/mol. The summed E-state index contributed by atoms with van der Waals surface area (Å²) in [5.41, 5.74) is 2.92. The van der Waals surface area contributed by atoms with E-state index in [2.05, 4.69) is 40.9 Å². The van der Waals surface area contributed by atoms with Crippen LogP contribution in [0.1, 0.15) is 103 Å². The summed E-state index contributed by atoms with van der Waals surface area (Å²) in [4.78, 5) is 72.1. The molecule has 2 aromatic heterocycles. The van der Waals surface area contributed by atoms with Gasteiger partial charge in [-0.25, -0.2) is 0 Å². The number of nitrogens with zero attached hydrogens (tertiary/aromatic N) is 6. The van der Waals surface area contributed by atoms with Crippen molar-refractivity contribution in [3.05, 3.63) is 89.4 Å². The number of aryl methyl sites for hydroxylation is 1. The third-order valence-corrected chi connectivity index (χ3v) is 11.3. The smallest absolute Gasteiger partial charge is 0.274 e. The molecule has 0 saturated carbocycles. The third kappa shape index (κ3) is 13.0. The number of carbonyl (C=O) groups excluding carboxylic acids is 5. The molecule has 58 heavy (non-hydrogen) atoms. The first kappa shape index (κ1) is 42.1. The maximum atomic E-state index is 13.2. The fourth-order valence-electron chi connectivity index (χ4n) is 7.83. The van der Waals surface area contributed by atoms with E-state index < -0.39 is 11.9 Å². The number of benzene rings is 1. The minimum absolute atomic E-state index is 0.0488. The van der Waals surface area contributed by atoms with Gasteiger partial charge in [-0.05, 0) is 105 Å². The Kier molecular flexibility index (Phi) is 15.9. The average Bonchev–Trinajstić information content (AvgIpc) is 3.25. The molecule has 3 aliphatic rings. The normalized spacial score (nSPS) is 18.0. The molecule has 1 unspecified atom stereocenters. The Morgan fingerprint density at radius 1 is 0.845 bits per heavy atom. The van der Waals surface area contributed by atoms with Crippen LogP contribution in [0.4, 0.5) is 5.82 Å². The van der Waals surface area contributed by atoms with Gasteiger partial charge >= 0.3 is 0 Å². The SMILES string of the molecule is O=C(C=Cc1cccnc1)NCCCCC1CCN(C(=O)c2ccc(N3CCN(CCCCCCc4cccc(C(=O)NC5CCC(=O)NC5=O)c4)CC3)nn2)CC1. The largest absolute Gasteiger partial charge is 0.353 e. The Morgan fingerprint density at radius 3 is 2.43 bits per heavy atom. The zero-order chi connectivity index (χ0) is 40.5. The number of pyridine rings is 1. The first-order valence-electron chi connectivity index (χ1n) is 21.0. The number of unbranched alkanes of at least 4 members (excludes halogenated alkanes) is 4. The van der Waals surface area contributed by atoms with Crippen LogP contribution in [0, 0.1) is 5.92 Å². The highest BCUT2D eigenvalue weighted by molar-refractivity contribution is 6.03. The number of amides is 5. The molecular formula is C44H57N9O5. The van der Waals surface area contributed by atoms with Gasteiger partial charge in [-0.1, -0.05) is 43.9 Å². The number of imide groups is 1. The van der Waals surface area contributed by atoms with E-state index in [9.17, 15) is 24.0 Å². The average molecular weight is 792 g/mol. The molecule has 5 heterocycles. The number of rotatable bonds is 18. The molecule has 14 heteroatoms. The Balaban J connectivity index is 0.796. The second-order valence-corrected chi connectivity index (χ2v) is 15.6. The Bertz CT molecular complexity index is 1860. The summed E-state index contributed by atoms with van der Waals surface area (Å²) in [7, 11) is 0. The minimum Gasteiger partial charge on any atom is -0.353 e. The maximum absolute atomic E-state index is 13.2. The number of likely N-dealkylation sites (tertiary alicyclic amines) is 1. The molecule has 0 bridgehead atoms. The van der Waals surface area contributed by atoms with Gasteiger partial charge in [0, 0.05) is 76.3 Å². The first-order valence-corrected chi connectivity index (χ1v) is 21.0. The lowest BCUT2D eigenvalue weighted by Crippen LogP contribution is -2.52. The highest BCUT2D eigenvalue weighted by Crippen LogP contribution is 2.24. The zero-order valence-electron chi connectivity index (χ0n) is 33.4. The van der Waals surface area contributed by atoms with Gasteiger partial charge in [0.25, 0.3) is 11.8 Å². The Morgan fingerprint density at radius 2 is 1.67 bits per heavy atom. The molecule has 6 rings (SSSR count). The van der Waals surface area contributed by atoms with Crippen molar-refractivity contribution in [1.29, 1.82) is 0 Å². The van der Waals surface area contributed by atoms with Gasteiger partial charge in [0.05, 0.1) is 0 Å². The maximum Gasteiger partial charge on any atom is 0.274 e. The number of nitrogens with one attached hydrogen (secondary N) is 3. The van der Waals surface area contributed by atoms with Gasteiger partial charge in [-0.2, -0.15) is 0 Å². The van der Waals surface area contributed by atoms with Crippen molar-refractivity contribution in [2.75, 3.05) is 57.3 Å². The zero-order valence-corrected chi connectivity index (χ0v) is 33.4. The van der Waals surface area contributed by atoms with E-state index in [1.807, 2.05) is 47.4 Å². The Labute approximate surface area is 341 Å². The summed E-state index contributed by atoms with van der Waals surface area (Å²) in [5, 5.41) is 16.8. The molecule has 5 amide bonds. The molecule has 1 atom stereocenters. The van der Waals surface area contributed by atoms with Gasteiger partial charge in [0.2, 0.25) is 17.7 Å². The van der Waals surface area contributed by atoms with Crippen LogP contribution >= 0.6 is 0 Å². The van der Waals surface area contributed by atoms with Crippen LogP contribution in [0.25, 0.3) is 6.08 Å². The number of piperidine rings is 2. The van der Waals surface area contributed by atoms with E-state index in [1.165, 1.54) is 0 Å². The van der Waals surface area contributed by atoms with Crippen LogP contribution in [0.2, 0.25) is 0 Å². The van der Waals surface area contributed by atoms with Crippen LogP contribution < -0.4 is 20.9 Å². The van der Waals surface area contributed by atoms with E-state index in [4.69, 9.17) is 0 Å². The summed E-state index contributed by atoms with van der Waals surface area (Å²) < 4.78 is 0. The van der Waals surface area contributed by atoms with Crippen LogP contribution in [0.3, 0.4) is 0 Å². The van der Waals surface area contributed by atoms with Gasteiger partial charge in [0.1, 0.15) is 6.04 Å². The van der Waals surface area contributed by atoms with Crippen molar-refractivity contribution in [1.82, 2.24) is 40.9 Å². The fraction of sp³-hybridized carbons (Fsp3) is 0.500. The van der Waals surface area contributed by atoms with E-state index >= 15 is 0 Å². The topological polar surface area (TPSA) is 170 Å². The molecule has 3 aromatic rings. The first-order chi connectivity index (χ1) is 28.3. The second-order valence-electron chi connectivity index (χ2n) is 15.6. The number of piperazine rings is 1. The number of carbonyl (C=O) groups is 5. The van der Waals surface area contributed by atoms with Crippen molar-refractivity contribution in [2.24, 2.45) is 5.92 Å². The van der Waals surface area contributed by atoms with Gasteiger partial charge in [-0.3, -0.25) is 39.2 Å². The van der Waals surface area contributed by atoms with Crippen LogP contribution in [0.15, 0.2) is 67.0 Å². The molecule has 3 aliphatic heterocycles. The highest BCUT2D eigenvalue weighted by atomic mass is 16.2. The van der Waals surface area contributed by atoms with E-state index in [1.54, 1.807) is 30.6 Å². The fourth-order valence-corrected chi connectivity index (χ4v) is 7.83. The molecule has 3 fully saturated rings. The molecule has 3 saturated heterocycles. The van der Waals surface area contributed by atoms with E-state index in [0.717, 1.165) is 127 Å². The van der Waals surface area contributed by atoms with Crippen molar-refractivity contribution in [3.8, 4) is 0 Å². The summed E-state index contributed by atoms with van der Waals surface area (Å²) in [6.07, 6.45) is 17.6. The molecule has 3 N–H and O–H groups in total. The number of anilines is 1. The lowest BCUT2D eigenvalue weighted by Gasteiger charge is -2.35. The molecule has 0 radical (unpaired) electrons. The molecule has 0 spiro atoms. The minimum atomic E-state index is -0.681. The molecule has 0 aliphatic carbocycles. The summed E-state index contributed by atoms with van der Waals surface area (Å²) in [6, 6.07) is 14.4. The predicted octanol–water partition coefficient (Wildman–Crippen LogP) is 4.18. The molecule has 308 valence electrons. The monoisotopic (exact) mass is 791 g/mol. The highest BCUT2D eigenvalue weighted by Gasteiger charge is 2.28. The van der Waals surface area contributed by atoms with Crippen molar-refractivity contribution < 1.29 is 24.0 Å². The van der Waals surface area contributed by atoms with E-state index in [-0.39, 0.29) is 30.0 Å². The van der Waals surface area contributed by atoms with E-state index in [0.29, 0.717) is 30.1 Å². The third-order valence-electron chi connectivity index (χ3n) is 11.3. The van der Waals surface area contributed by atoms with Crippen LogP contribution in [-0.2, 0) is 20.8 Å². The predicted molar refractivity (Wildman–Crippen MR) is 222 cm³/mol.